The zero-order chi connectivity index (χ0) is 17.4. The summed E-state index contributed by atoms with van der Waals surface area (Å²) in [4.78, 5) is 14.3. The molecule has 150 valence electrons. The van der Waals surface area contributed by atoms with Crippen molar-refractivity contribution < 1.29 is 9.53 Å². The summed E-state index contributed by atoms with van der Waals surface area (Å²) < 4.78 is 5.66. The molecule has 0 radical (unpaired) electrons. The standard InChI is InChI=1S/C19H31N3O2.2ClH/c1-15(16-5-4-10-20-14-16)13-19(23)21-17-6-8-18(9-7-17)24-12-11-22(2)3;;/h6-9,15-16,20H,4-5,10-14H2,1-3H3,(H,21,23);2*1H. The van der Waals surface area contributed by atoms with E-state index in [1.165, 1.54) is 12.8 Å². The van der Waals surface area contributed by atoms with Gasteiger partial charge in [-0.3, -0.25) is 4.79 Å². The van der Waals surface area contributed by atoms with Crippen LogP contribution in [0.1, 0.15) is 26.2 Å². The van der Waals surface area contributed by atoms with E-state index < -0.39 is 0 Å². The monoisotopic (exact) mass is 405 g/mol. The maximum Gasteiger partial charge on any atom is 0.224 e. The molecule has 1 fully saturated rings. The molecule has 1 amide bonds. The molecule has 1 aliphatic rings. The van der Waals surface area contributed by atoms with Gasteiger partial charge in [0.05, 0.1) is 0 Å². The Morgan fingerprint density at radius 2 is 2.00 bits per heavy atom. The number of nitrogens with one attached hydrogen (secondary N) is 2. The maximum atomic E-state index is 12.2. The van der Waals surface area contributed by atoms with Crippen LogP contribution in [-0.4, -0.2) is 51.1 Å². The molecule has 1 aromatic carbocycles. The summed E-state index contributed by atoms with van der Waals surface area (Å²) in [6, 6.07) is 7.60. The normalized spacial score (nSPS) is 17.6. The minimum Gasteiger partial charge on any atom is -0.492 e. The van der Waals surface area contributed by atoms with Crippen molar-refractivity contribution in [3.8, 4) is 5.75 Å². The Labute approximate surface area is 170 Å². The molecule has 2 rings (SSSR count). The number of carbonyl (C=O) groups is 1. The first-order valence-corrected chi connectivity index (χ1v) is 8.93. The zero-order valence-corrected chi connectivity index (χ0v) is 17.6. The van der Waals surface area contributed by atoms with Gasteiger partial charge in [-0.25, -0.2) is 0 Å². The fourth-order valence-corrected chi connectivity index (χ4v) is 3.02. The molecule has 1 saturated heterocycles. The Morgan fingerprint density at radius 1 is 1.31 bits per heavy atom. The van der Waals surface area contributed by atoms with E-state index in [0.29, 0.717) is 24.9 Å². The SMILES string of the molecule is CC(CC(=O)Nc1ccc(OCCN(C)C)cc1)C1CCCNC1.Cl.Cl. The number of hydrogen-bond donors (Lipinski definition) is 2. The van der Waals surface area contributed by atoms with Crippen molar-refractivity contribution in [3.05, 3.63) is 24.3 Å². The molecular weight excluding hydrogens is 373 g/mol. The fraction of sp³-hybridized carbons (Fsp3) is 0.632. The van der Waals surface area contributed by atoms with Gasteiger partial charge in [0.1, 0.15) is 12.4 Å². The van der Waals surface area contributed by atoms with E-state index in [-0.39, 0.29) is 30.7 Å². The summed E-state index contributed by atoms with van der Waals surface area (Å²) in [5, 5.41) is 6.41. The van der Waals surface area contributed by atoms with Crippen LogP contribution >= 0.6 is 24.8 Å². The van der Waals surface area contributed by atoms with Crippen molar-refractivity contribution in [2.24, 2.45) is 11.8 Å². The van der Waals surface area contributed by atoms with Crippen LogP contribution in [-0.2, 0) is 4.79 Å². The van der Waals surface area contributed by atoms with Crippen molar-refractivity contribution >= 4 is 36.4 Å². The summed E-state index contributed by atoms with van der Waals surface area (Å²) >= 11 is 0. The third-order valence-corrected chi connectivity index (χ3v) is 4.59. The van der Waals surface area contributed by atoms with Crippen LogP contribution in [0.25, 0.3) is 0 Å². The fourth-order valence-electron chi connectivity index (χ4n) is 3.02. The largest absolute Gasteiger partial charge is 0.492 e. The number of hydrogen-bond acceptors (Lipinski definition) is 4. The second-order valence-corrected chi connectivity index (χ2v) is 7.01. The van der Waals surface area contributed by atoms with Gasteiger partial charge in [0.2, 0.25) is 5.91 Å². The van der Waals surface area contributed by atoms with E-state index in [1.807, 2.05) is 38.4 Å². The molecule has 1 heterocycles. The lowest BCUT2D eigenvalue weighted by Crippen LogP contribution is -2.34. The smallest absolute Gasteiger partial charge is 0.224 e. The van der Waals surface area contributed by atoms with E-state index >= 15 is 0 Å². The quantitative estimate of drug-likeness (QED) is 0.695. The van der Waals surface area contributed by atoms with Gasteiger partial charge in [0, 0.05) is 18.7 Å². The van der Waals surface area contributed by atoms with Crippen LogP contribution < -0.4 is 15.4 Å². The number of likely N-dealkylation sites (N-methyl/N-ethyl adjacent to an activating group) is 1. The molecule has 0 bridgehead atoms. The highest BCUT2D eigenvalue weighted by Gasteiger charge is 2.21. The lowest BCUT2D eigenvalue weighted by Gasteiger charge is -2.28. The second kappa shape index (κ2) is 13.2. The summed E-state index contributed by atoms with van der Waals surface area (Å²) in [5.74, 6) is 1.94. The molecular formula is C19H33Cl2N3O2. The Hall–Kier alpha value is -1.01. The topological polar surface area (TPSA) is 53.6 Å². The van der Waals surface area contributed by atoms with Crippen LogP contribution in [0, 0.1) is 11.8 Å². The Kier molecular flexibility index (Phi) is 12.7. The van der Waals surface area contributed by atoms with Crippen LogP contribution in [0.4, 0.5) is 5.69 Å². The van der Waals surface area contributed by atoms with Crippen LogP contribution in [0.15, 0.2) is 24.3 Å². The van der Waals surface area contributed by atoms with Gasteiger partial charge < -0.3 is 20.3 Å². The highest BCUT2D eigenvalue weighted by atomic mass is 35.5. The first-order chi connectivity index (χ1) is 11.5. The second-order valence-electron chi connectivity index (χ2n) is 7.01. The van der Waals surface area contributed by atoms with Gasteiger partial charge in [-0.05, 0) is 76.1 Å². The van der Waals surface area contributed by atoms with Gasteiger partial charge in [-0.1, -0.05) is 6.92 Å². The molecule has 1 aromatic rings. The summed E-state index contributed by atoms with van der Waals surface area (Å²) in [7, 11) is 4.04. The van der Waals surface area contributed by atoms with Crippen molar-refractivity contribution in [3.63, 3.8) is 0 Å². The molecule has 26 heavy (non-hydrogen) atoms. The number of anilines is 1. The van der Waals surface area contributed by atoms with Crippen molar-refractivity contribution in [1.29, 1.82) is 0 Å². The van der Waals surface area contributed by atoms with Crippen LogP contribution in [0.5, 0.6) is 5.75 Å². The first kappa shape index (κ1) is 25.0. The lowest BCUT2D eigenvalue weighted by atomic mass is 9.85. The molecule has 0 aromatic heterocycles. The molecule has 1 aliphatic heterocycles. The molecule has 5 nitrogen and oxygen atoms in total. The summed E-state index contributed by atoms with van der Waals surface area (Å²) in [6.45, 7) is 5.86. The maximum absolute atomic E-state index is 12.2. The molecule has 0 spiro atoms. The molecule has 0 aliphatic carbocycles. The first-order valence-electron chi connectivity index (χ1n) is 8.93. The number of piperidine rings is 1. The van der Waals surface area contributed by atoms with E-state index in [0.717, 1.165) is 31.1 Å². The molecule has 2 atom stereocenters. The van der Waals surface area contributed by atoms with Crippen molar-refractivity contribution in [1.82, 2.24) is 10.2 Å². The minimum atomic E-state index is 0. The number of carbonyl (C=O) groups excluding carboxylic acids is 1. The predicted molar refractivity (Wildman–Crippen MR) is 113 cm³/mol. The zero-order valence-electron chi connectivity index (χ0n) is 16.0. The number of nitrogens with zero attached hydrogens (tertiary/aromatic N) is 1. The highest BCUT2D eigenvalue weighted by molar-refractivity contribution is 5.90. The lowest BCUT2D eigenvalue weighted by molar-refractivity contribution is -0.117. The van der Waals surface area contributed by atoms with E-state index in [1.54, 1.807) is 0 Å². The van der Waals surface area contributed by atoms with Crippen LogP contribution in [0.3, 0.4) is 0 Å². The van der Waals surface area contributed by atoms with E-state index in [9.17, 15) is 4.79 Å². The Bertz CT molecular complexity index is 506. The Balaban J connectivity index is 0.00000312. The van der Waals surface area contributed by atoms with Gasteiger partial charge >= 0.3 is 0 Å². The summed E-state index contributed by atoms with van der Waals surface area (Å²) in [5.41, 5.74) is 0.828. The van der Waals surface area contributed by atoms with Gasteiger partial charge in [0.15, 0.2) is 0 Å². The number of ether oxygens (including phenoxy) is 1. The third-order valence-electron chi connectivity index (χ3n) is 4.59. The summed E-state index contributed by atoms with van der Waals surface area (Å²) in [6.07, 6.45) is 3.01. The van der Waals surface area contributed by atoms with Crippen LogP contribution in [0.2, 0.25) is 0 Å². The van der Waals surface area contributed by atoms with Crippen molar-refractivity contribution in [2.45, 2.75) is 26.2 Å². The van der Waals surface area contributed by atoms with Gasteiger partial charge in [-0.15, -0.1) is 24.8 Å². The number of rotatable bonds is 8. The molecule has 2 unspecified atom stereocenters. The van der Waals surface area contributed by atoms with E-state index in [2.05, 4.69) is 22.5 Å². The number of amides is 1. The van der Waals surface area contributed by atoms with Gasteiger partial charge in [-0.2, -0.15) is 0 Å². The predicted octanol–water partition coefficient (Wildman–Crippen LogP) is 3.43. The van der Waals surface area contributed by atoms with E-state index in [4.69, 9.17) is 4.74 Å². The molecule has 7 heteroatoms. The Morgan fingerprint density at radius 3 is 2.58 bits per heavy atom. The minimum absolute atomic E-state index is 0. The number of benzene rings is 1. The number of halogens is 2. The average molecular weight is 406 g/mol. The molecule has 0 saturated carbocycles. The highest BCUT2D eigenvalue weighted by Crippen LogP contribution is 2.23. The third kappa shape index (κ3) is 9.08. The molecule has 2 N–H and O–H groups in total. The van der Waals surface area contributed by atoms with Gasteiger partial charge in [0.25, 0.3) is 0 Å². The average Bonchev–Trinajstić information content (AvgIpc) is 2.57. The van der Waals surface area contributed by atoms with Crippen molar-refractivity contribution in [2.75, 3.05) is 45.7 Å².